The lowest BCUT2D eigenvalue weighted by molar-refractivity contribution is -0.385. The van der Waals surface area contributed by atoms with E-state index in [2.05, 4.69) is 5.10 Å². The van der Waals surface area contributed by atoms with Gasteiger partial charge in [-0.3, -0.25) is 25.0 Å². The Hall–Kier alpha value is -4.08. The van der Waals surface area contributed by atoms with Gasteiger partial charge in [-0.25, -0.2) is 0 Å². The maximum atomic E-state index is 12.9. The number of anilines is 1. The number of rotatable bonds is 5. The smallest absolute Gasteiger partial charge is 0.282 e. The molecule has 0 fully saturated rings. The molecule has 10 heteroatoms. The van der Waals surface area contributed by atoms with Crippen molar-refractivity contribution in [2.45, 2.75) is 0 Å². The van der Waals surface area contributed by atoms with Crippen molar-refractivity contribution in [3.8, 4) is 0 Å². The van der Waals surface area contributed by atoms with Crippen molar-refractivity contribution in [1.29, 1.82) is 0 Å². The molecule has 1 aliphatic rings. The van der Waals surface area contributed by atoms with E-state index in [1.54, 1.807) is 25.2 Å². The SMILES string of the molecule is CN(C)/C=C1\C(=O)N(c2ccc([N+](=O)[O-])cc2)N=C1c1ccc([N+](=O)[O-])cc1. The minimum atomic E-state index is -0.529. The van der Waals surface area contributed by atoms with Crippen LogP contribution in [0, 0.1) is 20.2 Å². The first kappa shape index (κ1) is 18.7. The molecule has 0 spiro atoms. The third-order valence-corrected chi connectivity index (χ3v) is 3.92. The van der Waals surface area contributed by atoms with Gasteiger partial charge in [-0.15, -0.1) is 0 Å². The molecule has 10 nitrogen and oxygen atoms in total. The zero-order chi connectivity index (χ0) is 20.4. The Morgan fingerprint density at radius 1 is 0.929 bits per heavy atom. The van der Waals surface area contributed by atoms with E-state index in [1.807, 2.05) is 0 Å². The van der Waals surface area contributed by atoms with Crippen LogP contribution in [-0.2, 0) is 4.79 Å². The average Bonchev–Trinajstić information content (AvgIpc) is 2.98. The van der Waals surface area contributed by atoms with Gasteiger partial charge in [0, 0.05) is 50.1 Å². The van der Waals surface area contributed by atoms with Crippen LogP contribution >= 0.6 is 0 Å². The van der Waals surface area contributed by atoms with Gasteiger partial charge in [-0.2, -0.15) is 10.1 Å². The van der Waals surface area contributed by atoms with Crippen LogP contribution in [0.3, 0.4) is 0 Å². The molecular weight excluding hydrogens is 366 g/mol. The highest BCUT2D eigenvalue weighted by Gasteiger charge is 2.32. The second-order valence-corrected chi connectivity index (χ2v) is 6.15. The van der Waals surface area contributed by atoms with Crippen molar-refractivity contribution >= 4 is 28.7 Å². The minimum Gasteiger partial charge on any atom is -0.383 e. The molecule has 0 atom stereocenters. The van der Waals surface area contributed by atoms with Crippen molar-refractivity contribution in [2.75, 3.05) is 19.1 Å². The van der Waals surface area contributed by atoms with Gasteiger partial charge in [-0.1, -0.05) is 0 Å². The van der Waals surface area contributed by atoms with E-state index in [0.29, 0.717) is 22.5 Å². The first-order chi connectivity index (χ1) is 13.3. The van der Waals surface area contributed by atoms with E-state index < -0.39 is 15.8 Å². The second-order valence-electron chi connectivity index (χ2n) is 6.15. The van der Waals surface area contributed by atoms with Gasteiger partial charge in [0.05, 0.1) is 21.1 Å². The van der Waals surface area contributed by atoms with Crippen molar-refractivity contribution in [1.82, 2.24) is 4.90 Å². The fourth-order valence-corrected chi connectivity index (χ4v) is 2.63. The van der Waals surface area contributed by atoms with Crippen molar-refractivity contribution in [3.63, 3.8) is 0 Å². The summed E-state index contributed by atoms with van der Waals surface area (Å²) in [6.07, 6.45) is 1.61. The highest BCUT2D eigenvalue weighted by molar-refractivity contribution is 6.35. The molecule has 0 aliphatic carbocycles. The van der Waals surface area contributed by atoms with Gasteiger partial charge >= 0.3 is 0 Å². The minimum absolute atomic E-state index is 0.0703. The number of nitro groups is 2. The zero-order valence-electron chi connectivity index (χ0n) is 15.0. The van der Waals surface area contributed by atoms with Crippen LogP contribution in [0.15, 0.2) is 65.4 Å². The highest BCUT2D eigenvalue weighted by atomic mass is 16.6. The molecule has 0 bridgehead atoms. The standard InChI is InChI=1S/C18H15N5O5/c1-20(2)11-16-17(12-3-5-14(6-4-12)22(25)26)19-21(18(16)24)13-7-9-15(10-8-13)23(27)28/h3-11H,1-2H3/b16-11-. The molecule has 0 radical (unpaired) electrons. The van der Waals surface area contributed by atoms with Crippen LogP contribution < -0.4 is 5.01 Å². The zero-order valence-corrected chi connectivity index (χ0v) is 15.0. The number of hydrogen-bond acceptors (Lipinski definition) is 7. The fourth-order valence-electron chi connectivity index (χ4n) is 2.63. The topological polar surface area (TPSA) is 122 Å². The second kappa shape index (κ2) is 7.27. The van der Waals surface area contributed by atoms with E-state index in [1.165, 1.54) is 48.5 Å². The summed E-state index contributed by atoms with van der Waals surface area (Å²) >= 11 is 0. The summed E-state index contributed by atoms with van der Waals surface area (Å²) < 4.78 is 0. The van der Waals surface area contributed by atoms with Crippen LogP contribution in [0.4, 0.5) is 17.1 Å². The number of hydrazone groups is 1. The lowest BCUT2D eigenvalue weighted by Gasteiger charge is -2.12. The Morgan fingerprint density at radius 2 is 1.43 bits per heavy atom. The number of benzene rings is 2. The number of carbonyl (C=O) groups is 1. The molecular formula is C18H15N5O5. The molecule has 0 unspecified atom stereocenters. The number of carbonyl (C=O) groups excluding carboxylic acids is 1. The third kappa shape index (κ3) is 3.56. The summed E-state index contributed by atoms with van der Waals surface area (Å²) in [6, 6.07) is 11.2. The molecule has 142 valence electrons. The summed E-state index contributed by atoms with van der Waals surface area (Å²) in [5.41, 5.74) is 1.40. The van der Waals surface area contributed by atoms with E-state index >= 15 is 0 Å². The van der Waals surface area contributed by atoms with E-state index in [4.69, 9.17) is 0 Å². The summed E-state index contributed by atoms with van der Waals surface area (Å²) in [7, 11) is 3.50. The molecule has 0 saturated heterocycles. The number of hydrogen-bond donors (Lipinski definition) is 0. The molecule has 1 heterocycles. The van der Waals surface area contributed by atoms with Crippen LogP contribution in [-0.4, -0.2) is 40.5 Å². The number of nitro benzene ring substituents is 2. The van der Waals surface area contributed by atoms with Gasteiger partial charge in [0.2, 0.25) is 0 Å². The fraction of sp³-hybridized carbons (Fsp3) is 0.111. The summed E-state index contributed by atoms with van der Waals surface area (Å²) in [6.45, 7) is 0. The van der Waals surface area contributed by atoms with Gasteiger partial charge in [0.15, 0.2) is 0 Å². The molecule has 3 rings (SSSR count). The highest BCUT2D eigenvalue weighted by Crippen LogP contribution is 2.28. The summed E-state index contributed by atoms with van der Waals surface area (Å²) in [5.74, 6) is -0.407. The first-order valence-electron chi connectivity index (χ1n) is 8.09. The van der Waals surface area contributed by atoms with Crippen molar-refractivity contribution in [2.24, 2.45) is 5.10 Å². The van der Waals surface area contributed by atoms with Gasteiger partial charge < -0.3 is 4.90 Å². The summed E-state index contributed by atoms with van der Waals surface area (Å²) in [4.78, 5) is 35.2. The Morgan fingerprint density at radius 3 is 1.89 bits per heavy atom. The summed E-state index contributed by atoms with van der Waals surface area (Å²) in [5, 5.41) is 27.2. The van der Waals surface area contributed by atoms with Crippen LogP contribution in [0.25, 0.3) is 0 Å². The van der Waals surface area contributed by atoms with E-state index in [0.717, 1.165) is 5.01 Å². The Bertz CT molecular complexity index is 1010. The van der Waals surface area contributed by atoms with Crippen LogP contribution in [0.2, 0.25) is 0 Å². The van der Waals surface area contributed by atoms with Crippen molar-refractivity contribution < 1.29 is 14.6 Å². The quantitative estimate of drug-likeness (QED) is 0.446. The molecule has 0 N–H and O–H groups in total. The number of non-ortho nitro benzene ring substituents is 2. The van der Waals surface area contributed by atoms with Gasteiger partial charge in [-0.05, 0) is 24.3 Å². The van der Waals surface area contributed by atoms with Crippen molar-refractivity contribution in [3.05, 3.63) is 86.1 Å². The Kier molecular flexibility index (Phi) is 4.86. The lowest BCUT2D eigenvalue weighted by atomic mass is 10.0. The molecule has 1 amide bonds. The monoisotopic (exact) mass is 381 g/mol. The maximum Gasteiger partial charge on any atom is 0.282 e. The third-order valence-electron chi connectivity index (χ3n) is 3.92. The first-order valence-corrected chi connectivity index (χ1v) is 8.09. The molecule has 2 aromatic carbocycles. The van der Waals surface area contributed by atoms with Gasteiger partial charge in [0.25, 0.3) is 17.3 Å². The van der Waals surface area contributed by atoms with Gasteiger partial charge in [0.1, 0.15) is 5.71 Å². The Balaban J connectivity index is 2.04. The maximum absolute atomic E-state index is 12.9. The lowest BCUT2D eigenvalue weighted by Crippen LogP contribution is -2.22. The molecule has 28 heavy (non-hydrogen) atoms. The molecule has 0 saturated carbocycles. The van der Waals surface area contributed by atoms with Crippen LogP contribution in [0.5, 0.6) is 0 Å². The predicted molar refractivity (Wildman–Crippen MR) is 102 cm³/mol. The number of amides is 1. The molecule has 1 aliphatic heterocycles. The van der Waals surface area contributed by atoms with E-state index in [-0.39, 0.29) is 11.4 Å². The molecule has 2 aromatic rings. The van der Waals surface area contributed by atoms with E-state index in [9.17, 15) is 25.0 Å². The largest absolute Gasteiger partial charge is 0.383 e. The number of nitrogens with zero attached hydrogens (tertiary/aromatic N) is 5. The predicted octanol–water partition coefficient (Wildman–Crippen LogP) is 2.70. The average molecular weight is 381 g/mol. The Labute approximate surface area is 159 Å². The van der Waals surface area contributed by atoms with Crippen LogP contribution in [0.1, 0.15) is 5.56 Å². The molecule has 0 aromatic heterocycles. The normalized spacial score (nSPS) is 14.9.